The van der Waals surface area contributed by atoms with Crippen molar-refractivity contribution in [2.45, 2.75) is 34.1 Å². The highest BCUT2D eigenvalue weighted by Crippen LogP contribution is 2.44. The Morgan fingerprint density at radius 1 is 0.941 bits per heavy atom. The Morgan fingerprint density at radius 3 is 2.29 bits per heavy atom. The van der Waals surface area contributed by atoms with E-state index in [0.29, 0.717) is 17.1 Å². The smallest absolute Gasteiger partial charge is 0.216 e. The summed E-state index contributed by atoms with van der Waals surface area (Å²) in [6.07, 6.45) is 0.981. The third-order valence-electron chi connectivity index (χ3n) is 6.52. The van der Waals surface area contributed by atoms with E-state index in [0.717, 1.165) is 34.0 Å². The third-order valence-corrected chi connectivity index (χ3v) is 6.52. The molecule has 2 aromatic heterocycles. The van der Waals surface area contributed by atoms with E-state index in [-0.39, 0.29) is 28.9 Å². The van der Waals surface area contributed by atoms with E-state index < -0.39 is 18.1 Å². The molecule has 5 aromatic rings. The molecular weight excluding hydrogens is 416 g/mol. The summed E-state index contributed by atoms with van der Waals surface area (Å²) >= 11 is 0. The highest BCUT2D eigenvalue weighted by atomic mass is 16.3. The summed E-state index contributed by atoms with van der Waals surface area (Å²) in [5, 5.41) is 1.55. The number of nitrogens with zero attached hydrogens (tertiary/aromatic N) is 2. The van der Waals surface area contributed by atoms with Crippen molar-refractivity contribution in [1.29, 1.82) is 0 Å². The zero-order valence-corrected chi connectivity index (χ0v) is 20.1. The lowest BCUT2D eigenvalue weighted by Crippen LogP contribution is -2.36. The molecular formula is C31H29N2O+. The van der Waals surface area contributed by atoms with Gasteiger partial charge in [0.05, 0.1) is 19.0 Å². The maximum Gasteiger partial charge on any atom is 0.216 e. The standard InChI is InChI=1S/C31H29N2O/c1-19(2)18-23-13-17-27(33(6)21(23)4)28-20(3)12-14-24-25-15-16-26(32-5)29(31(25)34-30(24)28)22-10-8-7-9-11-22/h7-17,19H,18H2,1-4,6H3/q+1/i7D,8D,9D,10D,11D. The zero-order chi connectivity index (χ0) is 28.3. The van der Waals surface area contributed by atoms with E-state index in [1.807, 2.05) is 32.2 Å². The molecule has 0 aliphatic carbocycles. The van der Waals surface area contributed by atoms with E-state index in [2.05, 4.69) is 42.3 Å². The molecule has 34 heavy (non-hydrogen) atoms. The second kappa shape index (κ2) is 8.47. The Morgan fingerprint density at radius 2 is 1.62 bits per heavy atom. The van der Waals surface area contributed by atoms with Crippen LogP contribution in [0.2, 0.25) is 0 Å². The number of hydrogen-bond acceptors (Lipinski definition) is 1. The van der Waals surface area contributed by atoms with Crippen molar-refractivity contribution in [3.05, 3.63) is 94.8 Å². The largest absolute Gasteiger partial charge is 0.456 e. The van der Waals surface area contributed by atoms with Gasteiger partial charge in [-0.3, -0.25) is 0 Å². The van der Waals surface area contributed by atoms with E-state index in [1.165, 1.54) is 11.3 Å². The molecule has 0 aliphatic rings. The molecule has 0 saturated heterocycles. The highest BCUT2D eigenvalue weighted by molar-refractivity contribution is 6.15. The molecule has 0 atom stereocenters. The van der Waals surface area contributed by atoms with Gasteiger partial charge in [0, 0.05) is 34.9 Å². The van der Waals surface area contributed by atoms with Crippen molar-refractivity contribution in [3.63, 3.8) is 0 Å². The molecule has 3 heteroatoms. The van der Waals surface area contributed by atoms with Gasteiger partial charge in [-0.25, -0.2) is 4.85 Å². The maximum atomic E-state index is 8.57. The van der Waals surface area contributed by atoms with Crippen molar-refractivity contribution >= 4 is 27.6 Å². The average Bonchev–Trinajstić information content (AvgIpc) is 3.28. The van der Waals surface area contributed by atoms with Gasteiger partial charge in [0.25, 0.3) is 0 Å². The van der Waals surface area contributed by atoms with Gasteiger partial charge < -0.3 is 4.42 Å². The number of furan rings is 1. The first kappa shape index (κ1) is 16.7. The molecule has 3 nitrogen and oxygen atoms in total. The van der Waals surface area contributed by atoms with Crippen LogP contribution >= 0.6 is 0 Å². The van der Waals surface area contributed by atoms with Gasteiger partial charge in [-0.1, -0.05) is 68.3 Å². The lowest BCUT2D eigenvalue weighted by Gasteiger charge is -2.11. The van der Waals surface area contributed by atoms with Crippen LogP contribution in [0.25, 0.3) is 49.2 Å². The van der Waals surface area contributed by atoms with Gasteiger partial charge in [0.2, 0.25) is 5.69 Å². The minimum atomic E-state index is -0.475. The molecule has 0 saturated carbocycles. The molecule has 2 heterocycles. The average molecular weight is 451 g/mol. The van der Waals surface area contributed by atoms with E-state index in [1.54, 1.807) is 6.07 Å². The lowest BCUT2D eigenvalue weighted by atomic mass is 9.96. The quantitative estimate of drug-likeness (QED) is 0.200. The molecule has 0 N–H and O–H groups in total. The molecule has 0 bridgehead atoms. The van der Waals surface area contributed by atoms with Crippen LogP contribution in [0.5, 0.6) is 0 Å². The summed E-state index contributed by atoms with van der Waals surface area (Å²) in [5.74, 6) is 0.534. The third kappa shape index (κ3) is 3.47. The predicted octanol–water partition coefficient (Wildman–Crippen LogP) is 8.11. The van der Waals surface area contributed by atoms with Gasteiger partial charge in [-0.2, -0.15) is 4.57 Å². The van der Waals surface area contributed by atoms with Gasteiger partial charge in [-0.15, -0.1) is 0 Å². The normalized spacial score (nSPS) is 13.5. The second-order valence-electron chi connectivity index (χ2n) is 9.17. The Labute approximate surface area is 208 Å². The van der Waals surface area contributed by atoms with Crippen LogP contribution in [0.1, 0.15) is 37.5 Å². The number of pyridine rings is 1. The molecule has 0 fully saturated rings. The van der Waals surface area contributed by atoms with Crippen LogP contribution in [0.15, 0.2) is 71.0 Å². The predicted molar refractivity (Wildman–Crippen MR) is 140 cm³/mol. The number of hydrogen-bond donors (Lipinski definition) is 0. The summed E-state index contributed by atoms with van der Waals surface area (Å²) in [6.45, 7) is 16.3. The lowest BCUT2D eigenvalue weighted by molar-refractivity contribution is -0.667. The van der Waals surface area contributed by atoms with Crippen LogP contribution < -0.4 is 4.57 Å². The minimum absolute atomic E-state index is 0.0330. The number of benzene rings is 3. The number of fused-ring (bicyclic) bond motifs is 3. The summed E-state index contributed by atoms with van der Waals surface area (Å²) in [4.78, 5) is 3.64. The van der Waals surface area contributed by atoms with Crippen molar-refractivity contribution in [3.8, 4) is 22.4 Å². The van der Waals surface area contributed by atoms with Crippen molar-refractivity contribution in [1.82, 2.24) is 0 Å². The van der Waals surface area contributed by atoms with Crippen molar-refractivity contribution in [2.24, 2.45) is 13.0 Å². The number of rotatable bonds is 4. The Kier molecular flexibility index (Phi) is 4.15. The Hall–Kier alpha value is -3.90. The Bertz CT molecular complexity index is 1840. The van der Waals surface area contributed by atoms with Crippen LogP contribution in [-0.2, 0) is 13.5 Å². The minimum Gasteiger partial charge on any atom is -0.456 e. The van der Waals surface area contributed by atoms with Crippen LogP contribution in [-0.4, -0.2) is 0 Å². The van der Waals surface area contributed by atoms with E-state index >= 15 is 0 Å². The maximum absolute atomic E-state index is 8.57. The molecule has 0 unspecified atom stereocenters. The fourth-order valence-corrected chi connectivity index (χ4v) is 4.73. The second-order valence-corrected chi connectivity index (χ2v) is 9.17. The fraction of sp³-hybridized carbons (Fsp3) is 0.226. The summed E-state index contributed by atoms with van der Waals surface area (Å²) in [6, 6.07) is 9.63. The number of aryl methyl sites for hydroxylation is 1. The van der Waals surface area contributed by atoms with Crippen molar-refractivity contribution in [2.75, 3.05) is 0 Å². The molecule has 168 valence electrons. The van der Waals surface area contributed by atoms with Gasteiger partial charge >= 0.3 is 0 Å². The highest BCUT2D eigenvalue weighted by Gasteiger charge is 2.24. The molecule has 5 rings (SSSR count). The first-order chi connectivity index (χ1) is 18.5. The van der Waals surface area contributed by atoms with Crippen LogP contribution in [0.3, 0.4) is 0 Å². The first-order valence-corrected chi connectivity index (χ1v) is 11.4. The summed E-state index contributed by atoms with van der Waals surface area (Å²) < 4.78 is 50.2. The van der Waals surface area contributed by atoms with E-state index in [9.17, 15) is 0 Å². The van der Waals surface area contributed by atoms with Gasteiger partial charge in [0.1, 0.15) is 18.2 Å². The van der Waals surface area contributed by atoms with Gasteiger partial charge in [-0.05, 0) is 36.5 Å². The molecule has 3 aromatic carbocycles. The van der Waals surface area contributed by atoms with E-state index in [4.69, 9.17) is 17.8 Å². The van der Waals surface area contributed by atoms with Crippen molar-refractivity contribution < 1.29 is 15.8 Å². The summed E-state index contributed by atoms with van der Waals surface area (Å²) in [7, 11) is 2.05. The molecule has 0 spiro atoms. The molecule has 0 amide bonds. The molecule has 0 radical (unpaired) electrons. The first-order valence-electron chi connectivity index (χ1n) is 13.9. The number of aromatic nitrogens is 1. The summed E-state index contributed by atoms with van der Waals surface area (Å²) in [5.41, 5.74) is 6.69. The fourth-order valence-electron chi connectivity index (χ4n) is 4.73. The topological polar surface area (TPSA) is 21.4 Å². The van der Waals surface area contributed by atoms with Gasteiger partial charge in [0.15, 0.2) is 11.4 Å². The van der Waals surface area contributed by atoms with Crippen LogP contribution in [0.4, 0.5) is 5.69 Å². The van der Waals surface area contributed by atoms with Crippen LogP contribution in [0, 0.1) is 26.3 Å². The molecule has 0 aliphatic heterocycles. The zero-order valence-electron chi connectivity index (χ0n) is 25.1. The SMILES string of the molecule is [2H]c1c([2H])c([2H])c(-c2c([N+]#[C-])ccc3c2oc2c(-c4ccc(CC(C)C)c(C)[n+]4C)c(C)ccc23)c([2H])c1[2H]. The monoisotopic (exact) mass is 450 g/mol. The Balaban J connectivity index is 1.89.